The number of alkyl halides is 12. The predicted molar refractivity (Wildman–Crippen MR) is 119 cm³/mol. The van der Waals surface area contributed by atoms with E-state index >= 15 is 0 Å². The van der Waals surface area contributed by atoms with Crippen LogP contribution in [0.25, 0.3) is 45.4 Å². The first-order chi connectivity index (χ1) is 21.7. The Morgan fingerprint density at radius 3 is 0.750 bits per heavy atom. The van der Waals surface area contributed by atoms with Gasteiger partial charge in [0.2, 0.25) is 0 Å². The molecule has 0 saturated heterocycles. The normalized spacial score (nSPS) is 14.9. The summed E-state index contributed by atoms with van der Waals surface area (Å²) in [5, 5.41) is 0. The summed E-state index contributed by atoms with van der Waals surface area (Å²) in [4.78, 5) is 6.15. The average Bonchev–Trinajstić information content (AvgIpc) is 3.55. The number of aromatic nitrogens is 4. The van der Waals surface area contributed by atoms with Crippen molar-refractivity contribution >= 4 is 45.4 Å². The molecule has 2 N–H and O–H groups in total. The van der Waals surface area contributed by atoms with Gasteiger partial charge in [0, 0.05) is 0 Å². The van der Waals surface area contributed by atoms with Gasteiger partial charge in [0.05, 0.1) is 22.1 Å². The maximum absolute atomic E-state index is 14.9. The van der Waals surface area contributed by atoms with Crippen LogP contribution in [-0.4, -0.2) is 19.9 Å². The van der Waals surface area contributed by atoms with Gasteiger partial charge in [0.15, 0.2) is 46.6 Å². The molecule has 4 nitrogen and oxygen atoms in total. The molecule has 0 aliphatic carbocycles. The van der Waals surface area contributed by atoms with E-state index in [4.69, 9.17) is 0 Å². The Morgan fingerprint density at radius 2 is 0.521 bits per heavy atom. The number of aromatic amines is 2. The molecule has 0 amide bonds. The molecule has 3 aromatic rings. The van der Waals surface area contributed by atoms with Crippen LogP contribution in [0.2, 0.25) is 0 Å². The number of rotatable bonds is 0. The highest BCUT2D eigenvalue weighted by molar-refractivity contribution is 5.93. The molecule has 5 rings (SSSR count). The molecule has 258 valence electrons. The molecule has 0 fully saturated rings. The molecular formula is C24H2F20N4. The van der Waals surface area contributed by atoms with E-state index in [1.54, 1.807) is 0 Å². The highest BCUT2D eigenvalue weighted by atomic mass is 19.4. The fourth-order valence-electron chi connectivity index (χ4n) is 4.67. The molecule has 48 heavy (non-hydrogen) atoms. The monoisotopic (exact) mass is 726 g/mol. The third-order valence-corrected chi connectivity index (χ3v) is 6.51. The first-order valence-corrected chi connectivity index (χ1v) is 11.7. The van der Waals surface area contributed by atoms with Gasteiger partial charge in [-0.05, 0) is 0 Å². The second-order valence-electron chi connectivity index (χ2n) is 9.37. The Morgan fingerprint density at radius 1 is 0.312 bits per heavy atom. The number of hydrogen-bond acceptors (Lipinski definition) is 2. The summed E-state index contributed by atoms with van der Waals surface area (Å²) in [5.41, 5.74) is -34.7. The Kier molecular flexibility index (Phi) is 7.44. The molecule has 2 aliphatic rings. The van der Waals surface area contributed by atoms with Crippen molar-refractivity contribution in [3.8, 4) is 0 Å². The Bertz CT molecular complexity index is 2010. The molecule has 0 radical (unpaired) electrons. The van der Waals surface area contributed by atoms with Gasteiger partial charge in [-0.3, -0.25) is 0 Å². The highest BCUT2D eigenvalue weighted by Gasteiger charge is 2.49. The fraction of sp³-hybridized carbons (Fsp3) is 0.167. The molecule has 3 aromatic heterocycles. The zero-order chi connectivity index (χ0) is 36.4. The maximum atomic E-state index is 14.9. The van der Waals surface area contributed by atoms with Crippen LogP contribution in [0.1, 0.15) is 45.0 Å². The third-order valence-electron chi connectivity index (χ3n) is 6.51. The van der Waals surface area contributed by atoms with E-state index < -0.39 is 138 Å². The van der Waals surface area contributed by atoms with Crippen LogP contribution in [0, 0.1) is 23.3 Å². The molecule has 5 heterocycles. The smallest absolute Gasteiger partial charge is 0.349 e. The number of nitrogens with zero attached hydrogens (tertiary/aromatic N) is 2. The van der Waals surface area contributed by atoms with Crippen LogP contribution in [0.3, 0.4) is 0 Å². The van der Waals surface area contributed by atoms with E-state index in [-0.39, 0.29) is 0 Å². The molecule has 24 heteroatoms. The van der Waals surface area contributed by atoms with Crippen molar-refractivity contribution < 1.29 is 87.8 Å². The van der Waals surface area contributed by atoms with Crippen molar-refractivity contribution in [1.82, 2.24) is 19.9 Å². The lowest BCUT2D eigenvalue weighted by Crippen LogP contribution is -2.13. The van der Waals surface area contributed by atoms with Crippen LogP contribution < -0.4 is 0 Å². The van der Waals surface area contributed by atoms with E-state index in [1.165, 1.54) is 0 Å². The second kappa shape index (κ2) is 10.3. The zero-order valence-electron chi connectivity index (χ0n) is 21.5. The molecule has 0 saturated carbocycles. The average molecular weight is 726 g/mol. The van der Waals surface area contributed by atoms with Crippen molar-refractivity contribution in [3.05, 3.63) is 68.3 Å². The summed E-state index contributed by atoms with van der Waals surface area (Å²) in [6, 6.07) is 0. The van der Waals surface area contributed by atoms with Gasteiger partial charge in [0.25, 0.3) is 0 Å². The van der Waals surface area contributed by atoms with Crippen LogP contribution >= 0.6 is 0 Å². The zero-order valence-corrected chi connectivity index (χ0v) is 21.5. The topological polar surface area (TPSA) is 57.4 Å². The minimum absolute atomic E-state index is 0.745. The molecule has 2 aliphatic heterocycles. The lowest BCUT2D eigenvalue weighted by molar-refractivity contribution is -0.138. The number of halogens is 20. The lowest BCUT2D eigenvalue weighted by atomic mass is 10.1. The summed E-state index contributed by atoms with van der Waals surface area (Å²) in [6.45, 7) is 0. The summed E-state index contributed by atoms with van der Waals surface area (Å²) in [6.07, 6.45) is -25.7. The van der Waals surface area contributed by atoms with Gasteiger partial charge in [-0.15, -0.1) is 0 Å². The summed E-state index contributed by atoms with van der Waals surface area (Å²) in [5.74, 6) is -25.1. The number of H-pyrrole nitrogens is 2. The predicted octanol–water partition coefficient (Wildman–Crippen LogP) is 10.5. The van der Waals surface area contributed by atoms with E-state index in [0.29, 0.717) is 0 Å². The van der Waals surface area contributed by atoms with Crippen LogP contribution in [0.4, 0.5) is 87.8 Å². The van der Waals surface area contributed by atoms with Gasteiger partial charge < -0.3 is 9.97 Å². The number of nitrogens with one attached hydrogen (secondary N) is 2. The van der Waals surface area contributed by atoms with Gasteiger partial charge >= 0.3 is 24.7 Å². The van der Waals surface area contributed by atoms with Gasteiger partial charge in [-0.25, -0.2) is 45.1 Å². The molecule has 0 aromatic carbocycles. The molecular weight excluding hydrogens is 724 g/mol. The maximum Gasteiger partial charge on any atom is 0.420 e. The molecule has 0 unspecified atom stereocenters. The van der Waals surface area contributed by atoms with Crippen molar-refractivity contribution in [3.63, 3.8) is 0 Å². The quantitative estimate of drug-likeness (QED) is 0.227. The van der Waals surface area contributed by atoms with Crippen LogP contribution in [0.15, 0.2) is 0 Å². The second-order valence-corrected chi connectivity index (χ2v) is 9.37. The first kappa shape index (κ1) is 34.5. The Labute approximate surface area is 247 Å². The number of hydrogen-bond donors (Lipinski definition) is 2. The van der Waals surface area contributed by atoms with Crippen molar-refractivity contribution in [2.45, 2.75) is 24.7 Å². The minimum Gasteiger partial charge on any atom is -0.349 e. The van der Waals surface area contributed by atoms with E-state index in [2.05, 4.69) is 9.97 Å². The summed E-state index contributed by atoms with van der Waals surface area (Å²) >= 11 is 0. The fourth-order valence-corrected chi connectivity index (χ4v) is 4.67. The van der Waals surface area contributed by atoms with E-state index in [9.17, 15) is 87.8 Å². The molecule has 0 atom stereocenters. The largest absolute Gasteiger partial charge is 0.420 e. The highest BCUT2D eigenvalue weighted by Crippen LogP contribution is 2.50. The van der Waals surface area contributed by atoms with E-state index in [0.717, 1.165) is 9.97 Å². The van der Waals surface area contributed by atoms with Crippen LogP contribution in [0.5, 0.6) is 0 Å². The molecule has 0 spiro atoms. The number of fused-ring (bicyclic) bond motifs is 8. The minimum atomic E-state index is -6.45. The Hall–Kier alpha value is -4.80. The molecule has 8 bridgehead atoms. The van der Waals surface area contributed by atoms with Gasteiger partial charge in [-0.2, -0.15) is 52.7 Å². The third kappa shape index (κ3) is 5.02. The van der Waals surface area contributed by atoms with Gasteiger partial charge in [-0.1, -0.05) is 0 Å². The van der Waals surface area contributed by atoms with Crippen molar-refractivity contribution in [1.29, 1.82) is 0 Å². The van der Waals surface area contributed by atoms with Crippen LogP contribution in [-0.2, 0) is 24.7 Å². The van der Waals surface area contributed by atoms with Gasteiger partial charge in [0.1, 0.15) is 45.0 Å². The van der Waals surface area contributed by atoms with Crippen molar-refractivity contribution in [2.75, 3.05) is 0 Å². The Balaban J connectivity index is 2.33. The van der Waals surface area contributed by atoms with Crippen molar-refractivity contribution in [2.24, 2.45) is 0 Å². The lowest BCUT2D eigenvalue weighted by Gasteiger charge is -2.10. The standard InChI is InChI=1S/C24H2F20N4/c25-5-7(27)15-2(22(36,37)38)17-9(29)11(31)19(47-17)4(24(42,43)44)20-12(32)10(30)18(48-20)3(23(39,40)41)16-8(28)6(26)14(46-16)1(13(5)45-15)21(33,34)35/h45-46H. The SMILES string of the molecule is FC1=C(F)c2nc1c(C(F)(F)F)c1nc(c(C(F)(F)F)c3[nH]c(c(F)c3F)c(C(F)(F)F)c3[nH]c(c(F)c3F)c2C(F)(F)F)C(F)=C1F. The summed E-state index contributed by atoms with van der Waals surface area (Å²) < 4.78 is 289. The van der Waals surface area contributed by atoms with E-state index in [1.807, 2.05) is 0 Å². The first-order valence-electron chi connectivity index (χ1n) is 11.7. The summed E-state index contributed by atoms with van der Waals surface area (Å²) in [7, 11) is 0.